The van der Waals surface area contributed by atoms with Gasteiger partial charge in [0.2, 0.25) is 11.0 Å². The zero-order valence-corrected chi connectivity index (χ0v) is 13.6. The molecule has 1 amide bonds. The van der Waals surface area contributed by atoms with Crippen LogP contribution in [0.2, 0.25) is 0 Å². The van der Waals surface area contributed by atoms with E-state index in [-0.39, 0.29) is 5.91 Å². The van der Waals surface area contributed by atoms with Crippen molar-refractivity contribution in [2.75, 3.05) is 18.4 Å². The molecule has 118 valence electrons. The van der Waals surface area contributed by atoms with E-state index < -0.39 is 0 Å². The minimum atomic E-state index is -0.0281. The third kappa shape index (κ3) is 3.69. The molecule has 8 heteroatoms. The molecule has 1 N–H and O–H groups in total. The Morgan fingerprint density at radius 2 is 2.32 bits per heavy atom. The summed E-state index contributed by atoms with van der Waals surface area (Å²) < 4.78 is 1.96. The van der Waals surface area contributed by atoms with Crippen LogP contribution in [0.4, 0.5) is 5.13 Å². The maximum atomic E-state index is 12.1. The number of likely N-dealkylation sites (tertiary alicyclic amines) is 1. The van der Waals surface area contributed by atoms with Crippen LogP contribution in [0.5, 0.6) is 0 Å². The molecule has 3 rings (SSSR count). The largest absolute Gasteiger partial charge is 0.299 e. The summed E-state index contributed by atoms with van der Waals surface area (Å²) in [6.45, 7) is 6.08. The van der Waals surface area contributed by atoms with Gasteiger partial charge < -0.3 is 0 Å². The van der Waals surface area contributed by atoms with Crippen LogP contribution in [0.3, 0.4) is 0 Å². The van der Waals surface area contributed by atoms with Crippen LogP contribution >= 0.6 is 11.3 Å². The smallest absolute Gasteiger partial charge is 0.240 e. The zero-order valence-electron chi connectivity index (χ0n) is 12.8. The van der Waals surface area contributed by atoms with E-state index in [1.54, 1.807) is 0 Å². The highest BCUT2D eigenvalue weighted by molar-refractivity contribution is 7.15. The molecule has 1 atom stereocenters. The van der Waals surface area contributed by atoms with Gasteiger partial charge in [0, 0.05) is 12.2 Å². The molecule has 22 heavy (non-hydrogen) atoms. The first-order chi connectivity index (χ1) is 10.6. The van der Waals surface area contributed by atoms with Crippen molar-refractivity contribution >= 4 is 22.4 Å². The number of anilines is 1. The fourth-order valence-electron chi connectivity index (χ4n) is 2.78. The van der Waals surface area contributed by atoms with Crippen LogP contribution in [0, 0.1) is 13.8 Å². The fraction of sp³-hybridized carbons (Fsp3) is 0.571. The number of hydrogen-bond donors (Lipinski definition) is 1. The number of nitrogens with one attached hydrogen (secondary N) is 1. The van der Waals surface area contributed by atoms with E-state index in [1.807, 2.05) is 30.9 Å². The van der Waals surface area contributed by atoms with Gasteiger partial charge in [-0.05, 0) is 38.8 Å². The molecular weight excluding hydrogens is 300 g/mol. The fourth-order valence-corrected chi connectivity index (χ4v) is 3.39. The molecule has 1 saturated heterocycles. The van der Waals surface area contributed by atoms with Crippen molar-refractivity contribution < 1.29 is 4.79 Å². The predicted molar refractivity (Wildman–Crippen MR) is 84.8 cm³/mol. The summed E-state index contributed by atoms with van der Waals surface area (Å²) in [6, 6.07) is 0.362. The Hall–Kier alpha value is -1.80. The first-order valence-corrected chi connectivity index (χ1v) is 8.25. The third-order valence-corrected chi connectivity index (χ3v) is 4.53. The molecule has 2 aromatic heterocycles. The van der Waals surface area contributed by atoms with Gasteiger partial charge in [-0.25, -0.2) is 0 Å². The molecule has 1 aliphatic rings. The van der Waals surface area contributed by atoms with Gasteiger partial charge in [0.1, 0.15) is 5.01 Å². The monoisotopic (exact) mass is 320 g/mol. The molecule has 0 spiro atoms. The number of carbonyl (C=O) groups excluding carboxylic acids is 1. The average molecular weight is 320 g/mol. The van der Waals surface area contributed by atoms with Gasteiger partial charge in [-0.15, -0.1) is 10.2 Å². The summed E-state index contributed by atoms with van der Waals surface area (Å²) in [5, 5.41) is 16.4. The average Bonchev–Trinajstić information content (AvgIpc) is 3.15. The SMILES string of the molecule is Cc1cnn(C[C@H]2CCCN2CC(=O)Nc2nnc(C)s2)c1. The van der Waals surface area contributed by atoms with Gasteiger partial charge in [-0.3, -0.25) is 19.7 Å². The molecule has 0 aliphatic carbocycles. The molecule has 1 aliphatic heterocycles. The summed E-state index contributed by atoms with van der Waals surface area (Å²) in [5.74, 6) is -0.0281. The van der Waals surface area contributed by atoms with E-state index in [4.69, 9.17) is 0 Å². The Morgan fingerprint density at radius 1 is 1.45 bits per heavy atom. The topological polar surface area (TPSA) is 75.9 Å². The van der Waals surface area contributed by atoms with Crippen LogP contribution in [0.25, 0.3) is 0 Å². The molecule has 0 unspecified atom stereocenters. The quantitative estimate of drug-likeness (QED) is 0.902. The molecule has 3 heterocycles. The molecule has 0 saturated carbocycles. The molecule has 0 aromatic carbocycles. The molecule has 7 nitrogen and oxygen atoms in total. The number of rotatable bonds is 5. The van der Waals surface area contributed by atoms with Crippen molar-refractivity contribution in [2.24, 2.45) is 0 Å². The lowest BCUT2D eigenvalue weighted by Gasteiger charge is -2.23. The van der Waals surface area contributed by atoms with Crippen molar-refractivity contribution in [2.45, 2.75) is 39.3 Å². The Labute approximate surface area is 133 Å². The van der Waals surface area contributed by atoms with Crippen LogP contribution in [-0.2, 0) is 11.3 Å². The minimum Gasteiger partial charge on any atom is -0.299 e. The highest BCUT2D eigenvalue weighted by atomic mass is 32.1. The minimum absolute atomic E-state index is 0.0281. The Kier molecular flexibility index (Phi) is 4.49. The second-order valence-electron chi connectivity index (χ2n) is 5.68. The number of aryl methyl sites for hydroxylation is 2. The first kappa shape index (κ1) is 15.1. The first-order valence-electron chi connectivity index (χ1n) is 7.43. The normalized spacial score (nSPS) is 18.7. The molecule has 0 radical (unpaired) electrons. The van der Waals surface area contributed by atoms with Crippen molar-refractivity contribution in [3.05, 3.63) is 23.0 Å². The van der Waals surface area contributed by atoms with E-state index >= 15 is 0 Å². The van der Waals surface area contributed by atoms with Gasteiger partial charge in [-0.1, -0.05) is 11.3 Å². The van der Waals surface area contributed by atoms with Gasteiger partial charge in [0.25, 0.3) is 0 Å². The zero-order chi connectivity index (χ0) is 15.5. The van der Waals surface area contributed by atoms with Gasteiger partial charge in [-0.2, -0.15) is 5.10 Å². The summed E-state index contributed by atoms with van der Waals surface area (Å²) in [5.41, 5.74) is 1.16. The second-order valence-corrected chi connectivity index (χ2v) is 6.86. The Morgan fingerprint density at radius 3 is 3.00 bits per heavy atom. The van der Waals surface area contributed by atoms with E-state index in [1.165, 1.54) is 11.3 Å². The number of carbonyl (C=O) groups is 1. The lowest BCUT2D eigenvalue weighted by atomic mass is 10.2. The summed E-state index contributed by atoms with van der Waals surface area (Å²) >= 11 is 1.39. The molecule has 1 fully saturated rings. The van der Waals surface area contributed by atoms with Crippen LogP contribution in [-0.4, -0.2) is 49.9 Å². The summed E-state index contributed by atoms with van der Waals surface area (Å²) in [6.07, 6.45) is 6.13. The van der Waals surface area contributed by atoms with Crippen molar-refractivity contribution in [1.82, 2.24) is 24.9 Å². The highest BCUT2D eigenvalue weighted by Crippen LogP contribution is 2.19. The van der Waals surface area contributed by atoms with E-state index in [2.05, 4.69) is 25.5 Å². The molecule has 0 bridgehead atoms. The predicted octanol–water partition coefficient (Wildman–Crippen LogP) is 1.45. The van der Waals surface area contributed by atoms with E-state index in [0.717, 1.165) is 36.5 Å². The highest BCUT2D eigenvalue weighted by Gasteiger charge is 2.27. The van der Waals surface area contributed by atoms with Crippen molar-refractivity contribution in [3.63, 3.8) is 0 Å². The third-order valence-electron chi connectivity index (χ3n) is 3.78. The standard InChI is InChI=1S/C14H20N6OS/c1-10-6-15-20(7-10)8-12-4-3-5-19(12)9-13(21)16-14-18-17-11(2)22-14/h6-7,12H,3-5,8-9H2,1-2H3,(H,16,18,21)/t12-/m1/s1. The Balaban J connectivity index is 1.55. The van der Waals surface area contributed by atoms with Crippen molar-refractivity contribution in [3.8, 4) is 0 Å². The van der Waals surface area contributed by atoms with Crippen LogP contribution < -0.4 is 5.32 Å². The van der Waals surface area contributed by atoms with Gasteiger partial charge in [0.05, 0.1) is 19.3 Å². The van der Waals surface area contributed by atoms with E-state index in [9.17, 15) is 4.79 Å². The van der Waals surface area contributed by atoms with Gasteiger partial charge >= 0.3 is 0 Å². The van der Waals surface area contributed by atoms with E-state index in [0.29, 0.717) is 17.7 Å². The number of hydrogen-bond acceptors (Lipinski definition) is 6. The number of amides is 1. The summed E-state index contributed by atoms with van der Waals surface area (Å²) in [4.78, 5) is 14.4. The lowest BCUT2D eigenvalue weighted by molar-refractivity contribution is -0.117. The number of aromatic nitrogens is 4. The number of nitrogens with zero attached hydrogens (tertiary/aromatic N) is 5. The molecule has 2 aromatic rings. The lowest BCUT2D eigenvalue weighted by Crippen LogP contribution is -2.39. The molecular formula is C14H20N6OS. The van der Waals surface area contributed by atoms with Crippen LogP contribution in [0.15, 0.2) is 12.4 Å². The summed E-state index contributed by atoms with van der Waals surface area (Å²) in [7, 11) is 0. The van der Waals surface area contributed by atoms with Crippen LogP contribution in [0.1, 0.15) is 23.4 Å². The van der Waals surface area contributed by atoms with Gasteiger partial charge in [0.15, 0.2) is 0 Å². The second kappa shape index (κ2) is 6.53. The maximum absolute atomic E-state index is 12.1. The van der Waals surface area contributed by atoms with Crippen molar-refractivity contribution in [1.29, 1.82) is 0 Å². The Bertz CT molecular complexity index is 651. The maximum Gasteiger partial charge on any atom is 0.240 e.